The van der Waals surface area contributed by atoms with Gasteiger partial charge in [-0.25, -0.2) is 21.6 Å². The van der Waals surface area contributed by atoms with E-state index in [2.05, 4.69) is 14.8 Å². The summed E-state index contributed by atoms with van der Waals surface area (Å²) in [5, 5.41) is 3.14. The summed E-state index contributed by atoms with van der Waals surface area (Å²) in [5.41, 5.74) is 0.256. The van der Waals surface area contributed by atoms with Gasteiger partial charge in [-0.1, -0.05) is 0 Å². The Morgan fingerprint density at radius 3 is 2.56 bits per heavy atom. The van der Waals surface area contributed by atoms with Crippen molar-refractivity contribution < 1.29 is 21.6 Å². The molecule has 0 amide bonds. The zero-order valence-corrected chi connectivity index (χ0v) is 16.6. The first-order valence-corrected chi connectivity index (χ1v) is 10.8. The van der Waals surface area contributed by atoms with Crippen molar-refractivity contribution in [3.05, 3.63) is 18.2 Å². The van der Waals surface area contributed by atoms with Gasteiger partial charge in [0.05, 0.1) is 18.6 Å². The van der Waals surface area contributed by atoms with Crippen molar-refractivity contribution in [2.45, 2.75) is 30.7 Å². The molecular formula is C14H24ClN3O5S2. The van der Waals surface area contributed by atoms with Crippen molar-refractivity contribution in [3.63, 3.8) is 0 Å². The number of benzene rings is 1. The molecule has 0 spiro atoms. The van der Waals surface area contributed by atoms with Gasteiger partial charge in [0.25, 0.3) is 0 Å². The molecule has 1 fully saturated rings. The normalized spacial score (nSPS) is 18.2. The minimum atomic E-state index is -3.76. The molecule has 1 heterocycles. The summed E-state index contributed by atoms with van der Waals surface area (Å²) in [7, 11) is -5.87. The lowest BCUT2D eigenvalue weighted by Gasteiger charge is -2.24. The van der Waals surface area contributed by atoms with Gasteiger partial charge in [-0.05, 0) is 38.4 Å². The van der Waals surface area contributed by atoms with Gasteiger partial charge in [0, 0.05) is 18.7 Å². The van der Waals surface area contributed by atoms with Crippen molar-refractivity contribution in [2.75, 3.05) is 30.7 Å². The Balaban J connectivity index is 0.00000312. The van der Waals surface area contributed by atoms with Crippen LogP contribution < -0.4 is 19.5 Å². The van der Waals surface area contributed by atoms with E-state index in [4.69, 9.17) is 4.74 Å². The fourth-order valence-corrected chi connectivity index (χ4v) is 4.49. The van der Waals surface area contributed by atoms with Gasteiger partial charge in [0.15, 0.2) is 0 Å². The Bertz CT molecular complexity index is 778. The summed E-state index contributed by atoms with van der Waals surface area (Å²) >= 11 is 0. The molecule has 144 valence electrons. The highest BCUT2D eigenvalue weighted by Crippen LogP contribution is 2.28. The third-order valence-electron chi connectivity index (χ3n) is 3.73. The molecule has 1 aliphatic rings. The third kappa shape index (κ3) is 6.00. The number of anilines is 1. The molecule has 0 saturated carbocycles. The Hall–Kier alpha value is -1.07. The quantitative estimate of drug-likeness (QED) is 0.612. The first-order chi connectivity index (χ1) is 11.3. The molecule has 2 rings (SSSR count). The van der Waals surface area contributed by atoms with Crippen LogP contribution in [0.2, 0.25) is 0 Å². The summed E-state index contributed by atoms with van der Waals surface area (Å²) in [4.78, 5) is -0.0185. The second-order valence-corrected chi connectivity index (χ2v) is 9.23. The van der Waals surface area contributed by atoms with Crippen molar-refractivity contribution in [2.24, 2.45) is 0 Å². The van der Waals surface area contributed by atoms with Crippen LogP contribution in [0.3, 0.4) is 0 Å². The summed E-state index contributed by atoms with van der Waals surface area (Å²) in [6.45, 7) is 2.98. The Labute approximate surface area is 155 Å². The van der Waals surface area contributed by atoms with Crippen LogP contribution in [0.15, 0.2) is 23.1 Å². The van der Waals surface area contributed by atoms with E-state index in [1.54, 1.807) is 0 Å². The number of ether oxygens (including phenoxy) is 1. The largest absolute Gasteiger partial charge is 0.495 e. The number of nitrogens with one attached hydrogen (secondary N) is 3. The average Bonchev–Trinajstić information content (AvgIpc) is 2.54. The van der Waals surface area contributed by atoms with E-state index >= 15 is 0 Å². The van der Waals surface area contributed by atoms with Gasteiger partial charge in [-0.3, -0.25) is 4.72 Å². The maximum absolute atomic E-state index is 12.6. The molecule has 0 bridgehead atoms. The molecule has 1 aliphatic heterocycles. The van der Waals surface area contributed by atoms with Crippen LogP contribution in [0, 0.1) is 0 Å². The lowest BCUT2D eigenvalue weighted by Crippen LogP contribution is -2.45. The molecule has 8 nitrogen and oxygen atoms in total. The molecule has 25 heavy (non-hydrogen) atoms. The SMILES string of the molecule is CCS(=O)(=O)Nc1ccc(S(=O)(=O)NC2CCCNC2)c(OC)c1.Cl. The number of hydrogen-bond acceptors (Lipinski definition) is 6. The predicted molar refractivity (Wildman–Crippen MR) is 99.5 cm³/mol. The molecule has 3 N–H and O–H groups in total. The standard InChI is InChI=1S/C14H23N3O5S2.ClH/c1-3-23(18,19)16-11-6-7-14(13(9-11)22-2)24(20,21)17-12-5-4-8-15-10-12;/h6-7,9,12,15-17H,3-5,8,10H2,1-2H3;1H. The summed E-state index contributed by atoms with van der Waals surface area (Å²) in [6.07, 6.45) is 1.67. The Morgan fingerprint density at radius 1 is 1.28 bits per heavy atom. The van der Waals surface area contributed by atoms with Crippen LogP contribution in [0.25, 0.3) is 0 Å². The van der Waals surface area contributed by atoms with Crippen molar-refractivity contribution in [3.8, 4) is 5.75 Å². The van der Waals surface area contributed by atoms with Crippen LogP contribution >= 0.6 is 12.4 Å². The third-order valence-corrected chi connectivity index (χ3v) is 6.59. The lowest BCUT2D eigenvalue weighted by molar-refractivity contribution is 0.400. The average molecular weight is 414 g/mol. The highest BCUT2D eigenvalue weighted by atomic mass is 35.5. The molecule has 0 aliphatic carbocycles. The van der Waals surface area contributed by atoms with Gasteiger partial charge < -0.3 is 10.1 Å². The van der Waals surface area contributed by atoms with E-state index in [1.807, 2.05) is 0 Å². The van der Waals surface area contributed by atoms with E-state index in [0.29, 0.717) is 6.54 Å². The maximum Gasteiger partial charge on any atom is 0.244 e. The molecule has 11 heteroatoms. The molecule has 1 unspecified atom stereocenters. The number of sulfonamides is 2. The van der Waals surface area contributed by atoms with E-state index in [0.717, 1.165) is 19.4 Å². The number of halogens is 1. The first-order valence-electron chi connectivity index (χ1n) is 7.69. The Morgan fingerprint density at radius 2 is 2.00 bits per heavy atom. The predicted octanol–water partition coefficient (Wildman–Crippen LogP) is 0.909. The van der Waals surface area contributed by atoms with E-state index < -0.39 is 20.0 Å². The topological polar surface area (TPSA) is 114 Å². The summed E-state index contributed by atoms with van der Waals surface area (Å²) in [5.74, 6) is 0.00794. The molecule has 1 aromatic carbocycles. The number of piperidine rings is 1. The molecule has 0 aromatic heterocycles. The van der Waals surface area contributed by atoms with Gasteiger partial charge in [0.2, 0.25) is 20.0 Å². The van der Waals surface area contributed by atoms with Crippen LogP contribution in [0.4, 0.5) is 5.69 Å². The fraction of sp³-hybridized carbons (Fsp3) is 0.571. The number of hydrogen-bond donors (Lipinski definition) is 3. The highest BCUT2D eigenvalue weighted by molar-refractivity contribution is 7.92. The zero-order valence-electron chi connectivity index (χ0n) is 14.1. The van der Waals surface area contributed by atoms with Crippen LogP contribution in [0.5, 0.6) is 5.75 Å². The lowest BCUT2D eigenvalue weighted by atomic mass is 10.1. The van der Waals surface area contributed by atoms with Crippen LogP contribution in [-0.4, -0.2) is 48.8 Å². The molecule has 1 aromatic rings. The van der Waals surface area contributed by atoms with Gasteiger partial charge in [-0.15, -0.1) is 12.4 Å². The van der Waals surface area contributed by atoms with Crippen LogP contribution in [0.1, 0.15) is 19.8 Å². The summed E-state index contributed by atoms with van der Waals surface area (Å²) in [6, 6.07) is 3.93. The molecular weight excluding hydrogens is 390 g/mol. The second kappa shape index (κ2) is 9.04. The van der Waals surface area contributed by atoms with Gasteiger partial charge in [-0.2, -0.15) is 0 Å². The maximum atomic E-state index is 12.6. The molecule has 0 radical (unpaired) electrons. The molecule has 1 atom stereocenters. The smallest absolute Gasteiger partial charge is 0.244 e. The fourth-order valence-electron chi connectivity index (χ4n) is 2.44. The van der Waals surface area contributed by atoms with Crippen molar-refractivity contribution in [1.29, 1.82) is 0 Å². The van der Waals surface area contributed by atoms with Gasteiger partial charge >= 0.3 is 0 Å². The monoisotopic (exact) mass is 413 g/mol. The van der Waals surface area contributed by atoms with Crippen LogP contribution in [-0.2, 0) is 20.0 Å². The highest BCUT2D eigenvalue weighted by Gasteiger charge is 2.25. The zero-order chi connectivity index (χ0) is 17.8. The van der Waals surface area contributed by atoms with Crippen molar-refractivity contribution in [1.82, 2.24) is 10.0 Å². The van der Waals surface area contributed by atoms with E-state index in [9.17, 15) is 16.8 Å². The summed E-state index contributed by atoms with van der Waals surface area (Å²) < 4.78 is 58.6. The number of methoxy groups -OCH3 is 1. The van der Waals surface area contributed by atoms with E-state index in [-0.39, 0.29) is 40.5 Å². The number of rotatable bonds is 7. The Kier molecular flexibility index (Phi) is 7.94. The van der Waals surface area contributed by atoms with Crippen molar-refractivity contribution >= 4 is 38.1 Å². The van der Waals surface area contributed by atoms with E-state index in [1.165, 1.54) is 32.2 Å². The molecule has 1 saturated heterocycles. The first kappa shape index (κ1) is 22.0. The van der Waals surface area contributed by atoms with Gasteiger partial charge in [0.1, 0.15) is 10.6 Å². The minimum Gasteiger partial charge on any atom is -0.495 e. The minimum absolute atomic E-state index is 0. The second-order valence-electron chi connectivity index (χ2n) is 5.54.